The third-order valence-electron chi connectivity index (χ3n) is 2.36. The fourth-order valence-corrected chi connectivity index (χ4v) is 3.28. The molecule has 0 spiro atoms. The lowest BCUT2D eigenvalue weighted by Gasteiger charge is -2.19. The highest BCUT2D eigenvalue weighted by atomic mass is 28.3. The van der Waals surface area contributed by atoms with Gasteiger partial charge in [-0.25, -0.2) is 0 Å². The Morgan fingerprint density at radius 2 is 1.93 bits per heavy atom. The van der Waals surface area contributed by atoms with Crippen LogP contribution in [0.3, 0.4) is 0 Å². The van der Waals surface area contributed by atoms with Crippen molar-refractivity contribution in [3.8, 4) is 0 Å². The van der Waals surface area contributed by atoms with E-state index in [2.05, 4.69) is 44.2 Å². The van der Waals surface area contributed by atoms with Gasteiger partial charge in [-0.15, -0.1) is 0 Å². The molecule has 0 atom stereocenters. The summed E-state index contributed by atoms with van der Waals surface area (Å²) in [5.41, 5.74) is 3.41. The molecule has 1 aromatic rings. The summed E-state index contributed by atoms with van der Waals surface area (Å²) in [4.78, 5) is 4.44. The molecule has 0 aliphatic carbocycles. The first kappa shape index (κ1) is 11.2. The van der Waals surface area contributed by atoms with E-state index in [0.29, 0.717) is 0 Å². The molecule has 0 unspecified atom stereocenters. The predicted octanol–water partition coefficient (Wildman–Crippen LogP) is 2.97. The van der Waals surface area contributed by atoms with Gasteiger partial charge in [0.05, 0.1) is 13.8 Å². The van der Waals surface area contributed by atoms with Crippen LogP contribution in [0, 0.1) is 6.92 Å². The lowest BCUT2D eigenvalue weighted by molar-refractivity contribution is 1.25. The minimum atomic E-state index is -1.23. The highest BCUT2D eigenvalue weighted by molar-refractivity contribution is 6.89. The lowest BCUT2D eigenvalue weighted by atomic mass is 10.2. The zero-order chi connectivity index (χ0) is 10.9. The van der Waals surface area contributed by atoms with Crippen LogP contribution >= 0.6 is 0 Å². The Bertz CT molecular complexity index is 361. The molecule has 0 bridgehead atoms. The van der Waals surface area contributed by atoms with E-state index >= 15 is 0 Å². The molecule has 0 N–H and O–H groups in total. The largest absolute Gasteiger partial charge is 0.257 e. The van der Waals surface area contributed by atoms with Gasteiger partial charge in [0.15, 0.2) is 0 Å². The van der Waals surface area contributed by atoms with Crippen molar-refractivity contribution in [1.29, 1.82) is 0 Å². The van der Waals surface area contributed by atoms with Crippen LogP contribution in [0.1, 0.15) is 18.2 Å². The predicted molar refractivity (Wildman–Crippen MR) is 66.7 cm³/mol. The van der Waals surface area contributed by atoms with Gasteiger partial charge in [-0.3, -0.25) is 4.98 Å². The maximum absolute atomic E-state index is 4.44. The van der Waals surface area contributed by atoms with Gasteiger partial charge >= 0.3 is 0 Å². The maximum Gasteiger partial charge on any atom is 0.0799 e. The molecule has 1 aromatic heterocycles. The molecule has 0 fully saturated rings. The SMILES string of the molecule is C=C(C)c1cc(C)c([Si](C)(C)C)cn1. The number of pyridine rings is 1. The summed E-state index contributed by atoms with van der Waals surface area (Å²) in [6.45, 7) is 15.1. The molecule has 0 radical (unpaired) electrons. The highest BCUT2D eigenvalue weighted by Gasteiger charge is 2.19. The van der Waals surface area contributed by atoms with E-state index in [1.54, 1.807) is 0 Å². The Morgan fingerprint density at radius 3 is 2.29 bits per heavy atom. The van der Waals surface area contributed by atoms with E-state index in [-0.39, 0.29) is 0 Å². The number of rotatable bonds is 2. The van der Waals surface area contributed by atoms with E-state index < -0.39 is 8.07 Å². The average Bonchev–Trinajstić information content (AvgIpc) is 2.01. The van der Waals surface area contributed by atoms with Crippen LogP contribution in [0.5, 0.6) is 0 Å². The number of hydrogen-bond donors (Lipinski definition) is 0. The van der Waals surface area contributed by atoms with Crippen LogP contribution in [0.25, 0.3) is 5.57 Å². The van der Waals surface area contributed by atoms with Crippen LogP contribution < -0.4 is 5.19 Å². The van der Waals surface area contributed by atoms with Crippen LogP contribution in [0.4, 0.5) is 0 Å². The number of hydrogen-bond acceptors (Lipinski definition) is 1. The average molecular weight is 205 g/mol. The van der Waals surface area contributed by atoms with Crippen molar-refractivity contribution in [2.75, 3.05) is 0 Å². The Kier molecular flexibility index (Phi) is 2.95. The van der Waals surface area contributed by atoms with Crippen molar-refractivity contribution in [2.45, 2.75) is 33.5 Å². The molecule has 76 valence electrons. The molecule has 0 aliphatic rings. The summed E-state index contributed by atoms with van der Waals surface area (Å²) in [5, 5.41) is 1.45. The summed E-state index contributed by atoms with van der Waals surface area (Å²) in [5.74, 6) is 0. The maximum atomic E-state index is 4.44. The quantitative estimate of drug-likeness (QED) is 0.676. The van der Waals surface area contributed by atoms with Crippen LogP contribution in [-0.2, 0) is 0 Å². The fraction of sp³-hybridized carbons (Fsp3) is 0.417. The van der Waals surface area contributed by atoms with E-state index in [0.717, 1.165) is 11.3 Å². The minimum absolute atomic E-state index is 1.02. The minimum Gasteiger partial charge on any atom is -0.257 e. The molecule has 2 heteroatoms. The third kappa shape index (κ3) is 2.32. The van der Waals surface area contributed by atoms with Crippen molar-refractivity contribution in [3.63, 3.8) is 0 Å². The molecule has 14 heavy (non-hydrogen) atoms. The van der Waals surface area contributed by atoms with Gasteiger partial charge in [-0.05, 0) is 36.2 Å². The van der Waals surface area contributed by atoms with Gasteiger partial charge in [0.2, 0.25) is 0 Å². The second-order valence-corrected chi connectivity index (χ2v) is 9.95. The zero-order valence-corrected chi connectivity index (χ0v) is 10.8. The van der Waals surface area contributed by atoms with Crippen molar-refractivity contribution < 1.29 is 0 Å². The summed E-state index contributed by atoms with van der Waals surface area (Å²) < 4.78 is 0. The van der Waals surface area contributed by atoms with Crippen molar-refractivity contribution in [2.24, 2.45) is 0 Å². The van der Waals surface area contributed by atoms with Gasteiger partial charge in [-0.1, -0.05) is 26.2 Å². The molecule has 1 heterocycles. The molecule has 0 amide bonds. The molecule has 0 aromatic carbocycles. The van der Waals surface area contributed by atoms with E-state index in [9.17, 15) is 0 Å². The standard InChI is InChI=1S/C12H19NSi/c1-9(2)11-7-10(3)12(8-13-11)14(4,5)6/h7-8H,1H2,2-6H3. The smallest absolute Gasteiger partial charge is 0.0799 e. The van der Waals surface area contributed by atoms with Crippen molar-refractivity contribution >= 4 is 18.8 Å². The first-order valence-corrected chi connectivity index (χ1v) is 8.45. The Morgan fingerprint density at radius 1 is 1.36 bits per heavy atom. The van der Waals surface area contributed by atoms with E-state index in [4.69, 9.17) is 0 Å². The normalized spacial score (nSPS) is 11.5. The number of allylic oxidation sites excluding steroid dienone is 1. The van der Waals surface area contributed by atoms with Crippen LogP contribution in [0.15, 0.2) is 18.8 Å². The summed E-state index contributed by atoms with van der Waals surface area (Å²) >= 11 is 0. The molecule has 1 rings (SSSR count). The third-order valence-corrected chi connectivity index (χ3v) is 4.50. The zero-order valence-electron chi connectivity index (χ0n) is 9.81. The first-order chi connectivity index (χ1) is 6.32. The van der Waals surface area contributed by atoms with E-state index in [1.807, 2.05) is 13.1 Å². The Balaban J connectivity index is 3.21. The molecular weight excluding hydrogens is 186 g/mol. The fourth-order valence-electron chi connectivity index (χ4n) is 1.57. The Labute approximate surface area is 87.9 Å². The molecule has 0 aliphatic heterocycles. The number of aromatic nitrogens is 1. The van der Waals surface area contributed by atoms with E-state index in [1.165, 1.54) is 10.8 Å². The van der Waals surface area contributed by atoms with Gasteiger partial charge in [0, 0.05) is 6.20 Å². The molecule has 0 saturated heterocycles. The van der Waals surface area contributed by atoms with Gasteiger partial charge in [0.1, 0.15) is 0 Å². The molecule has 1 nitrogen and oxygen atoms in total. The summed E-state index contributed by atoms with van der Waals surface area (Å²) in [6.07, 6.45) is 2.03. The second-order valence-electron chi connectivity index (χ2n) is 4.91. The summed E-state index contributed by atoms with van der Waals surface area (Å²) in [6, 6.07) is 2.15. The van der Waals surface area contributed by atoms with Crippen molar-refractivity contribution in [3.05, 3.63) is 30.1 Å². The molecule has 0 saturated carbocycles. The van der Waals surface area contributed by atoms with Crippen molar-refractivity contribution in [1.82, 2.24) is 4.98 Å². The monoisotopic (exact) mass is 205 g/mol. The van der Waals surface area contributed by atoms with Gasteiger partial charge in [-0.2, -0.15) is 0 Å². The second kappa shape index (κ2) is 3.69. The topological polar surface area (TPSA) is 12.9 Å². The van der Waals surface area contributed by atoms with Crippen LogP contribution in [0.2, 0.25) is 19.6 Å². The number of nitrogens with zero attached hydrogens (tertiary/aromatic N) is 1. The highest BCUT2D eigenvalue weighted by Crippen LogP contribution is 2.11. The van der Waals surface area contributed by atoms with Gasteiger partial charge < -0.3 is 0 Å². The molecular formula is C12H19NSi. The lowest BCUT2D eigenvalue weighted by Crippen LogP contribution is -2.39. The Hall–Kier alpha value is -0.893. The summed E-state index contributed by atoms with van der Waals surface area (Å²) in [7, 11) is -1.23. The number of aryl methyl sites for hydroxylation is 1. The first-order valence-electron chi connectivity index (χ1n) is 4.95. The van der Waals surface area contributed by atoms with Gasteiger partial charge in [0.25, 0.3) is 0 Å². The van der Waals surface area contributed by atoms with Crippen LogP contribution in [-0.4, -0.2) is 13.1 Å².